The molecule has 4 heterocycles. The summed E-state index contributed by atoms with van der Waals surface area (Å²) < 4.78 is 50.7. The molecule has 0 aliphatic carbocycles. The summed E-state index contributed by atoms with van der Waals surface area (Å²) in [6.07, 6.45) is 0.498. The van der Waals surface area contributed by atoms with Gasteiger partial charge in [-0.15, -0.1) is 0 Å². The number of ether oxygens (including phenoxy) is 1. The number of halogens is 3. The molecule has 0 bridgehead atoms. The first kappa shape index (κ1) is 16.1. The van der Waals surface area contributed by atoms with Crippen LogP contribution in [0.1, 0.15) is 5.56 Å². The molecule has 26 heavy (non-hydrogen) atoms. The van der Waals surface area contributed by atoms with Crippen molar-refractivity contribution in [2.45, 2.75) is 6.18 Å². The number of pyridine rings is 2. The van der Waals surface area contributed by atoms with E-state index in [9.17, 15) is 13.2 Å². The Bertz CT molecular complexity index is 1060. The van der Waals surface area contributed by atoms with Gasteiger partial charge < -0.3 is 9.15 Å². The van der Waals surface area contributed by atoms with Crippen molar-refractivity contribution in [2.24, 2.45) is 0 Å². The fraction of sp³-hybridized carbons (Fsp3) is 0.125. The lowest BCUT2D eigenvalue weighted by molar-refractivity contribution is -0.137. The van der Waals surface area contributed by atoms with Crippen molar-refractivity contribution in [3.05, 3.63) is 48.6 Å². The topological polar surface area (TPSA) is 78.9 Å². The largest absolute Gasteiger partial charge is 0.481 e. The number of imidazole rings is 1. The van der Waals surface area contributed by atoms with Crippen molar-refractivity contribution in [1.82, 2.24) is 24.5 Å². The highest BCUT2D eigenvalue weighted by Crippen LogP contribution is 2.32. The molecule has 0 unspecified atom stereocenters. The van der Waals surface area contributed by atoms with Crippen LogP contribution in [0, 0.1) is 0 Å². The zero-order valence-electron chi connectivity index (χ0n) is 13.2. The van der Waals surface area contributed by atoms with Crippen LogP contribution in [0.3, 0.4) is 0 Å². The average molecular weight is 361 g/mol. The van der Waals surface area contributed by atoms with Gasteiger partial charge in [0.25, 0.3) is 5.89 Å². The molecule has 0 amide bonds. The van der Waals surface area contributed by atoms with E-state index < -0.39 is 11.7 Å². The van der Waals surface area contributed by atoms with Gasteiger partial charge in [0.2, 0.25) is 11.7 Å². The van der Waals surface area contributed by atoms with E-state index in [4.69, 9.17) is 9.15 Å². The summed E-state index contributed by atoms with van der Waals surface area (Å²) >= 11 is 0. The molecular weight excluding hydrogens is 351 g/mol. The third-order valence-corrected chi connectivity index (χ3v) is 3.64. The van der Waals surface area contributed by atoms with E-state index in [1.165, 1.54) is 30.3 Å². The van der Waals surface area contributed by atoms with E-state index in [1.807, 2.05) is 0 Å². The molecular formula is C16H10F3N5O2. The van der Waals surface area contributed by atoms with Crippen molar-refractivity contribution in [3.8, 4) is 23.3 Å². The fourth-order valence-electron chi connectivity index (χ4n) is 2.47. The molecule has 4 aromatic heterocycles. The van der Waals surface area contributed by atoms with Crippen LogP contribution in [0.2, 0.25) is 0 Å². The quantitative estimate of drug-likeness (QED) is 0.556. The molecule has 0 aromatic carbocycles. The lowest BCUT2D eigenvalue weighted by Crippen LogP contribution is -2.06. The Labute approximate surface area is 144 Å². The zero-order valence-corrected chi connectivity index (χ0v) is 13.2. The molecule has 0 spiro atoms. The van der Waals surface area contributed by atoms with Gasteiger partial charge >= 0.3 is 6.18 Å². The molecule has 0 atom stereocenters. The maximum absolute atomic E-state index is 13.0. The highest BCUT2D eigenvalue weighted by atomic mass is 19.4. The Hall–Kier alpha value is -3.43. The molecule has 0 aliphatic rings. The number of alkyl halides is 3. The summed E-state index contributed by atoms with van der Waals surface area (Å²) in [5.74, 6) is 0.749. The molecule has 4 rings (SSSR count). The molecule has 10 heteroatoms. The van der Waals surface area contributed by atoms with Gasteiger partial charge in [-0.05, 0) is 12.1 Å². The van der Waals surface area contributed by atoms with Gasteiger partial charge in [-0.3, -0.25) is 4.57 Å². The van der Waals surface area contributed by atoms with Gasteiger partial charge in [-0.25, -0.2) is 19.9 Å². The maximum atomic E-state index is 13.0. The van der Waals surface area contributed by atoms with Crippen LogP contribution < -0.4 is 4.74 Å². The first-order chi connectivity index (χ1) is 12.5. The Morgan fingerprint density at radius 3 is 2.58 bits per heavy atom. The van der Waals surface area contributed by atoms with Crippen LogP contribution in [0.25, 0.3) is 28.6 Å². The summed E-state index contributed by atoms with van der Waals surface area (Å²) in [5, 5.41) is 0. The monoisotopic (exact) mass is 361 g/mol. The van der Waals surface area contributed by atoms with Gasteiger partial charge in [-0.1, -0.05) is 0 Å². The zero-order chi connectivity index (χ0) is 18.3. The first-order valence-corrected chi connectivity index (χ1v) is 7.33. The average Bonchev–Trinajstić information content (AvgIpc) is 3.28. The normalized spacial score (nSPS) is 11.8. The summed E-state index contributed by atoms with van der Waals surface area (Å²) in [4.78, 5) is 16.3. The molecule has 0 fully saturated rings. The van der Waals surface area contributed by atoms with Gasteiger partial charge in [0, 0.05) is 12.3 Å². The van der Waals surface area contributed by atoms with Crippen LogP contribution in [0.5, 0.6) is 5.88 Å². The number of hydrogen-bond acceptors (Lipinski definition) is 6. The van der Waals surface area contributed by atoms with Crippen molar-refractivity contribution in [3.63, 3.8) is 0 Å². The minimum Gasteiger partial charge on any atom is -0.481 e. The number of oxazole rings is 1. The fourth-order valence-corrected chi connectivity index (χ4v) is 2.47. The SMILES string of the molecule is COc1ccc(-n2c(-c3ncco3)nc3cc(C(F)(F)F)cnc32)cn1. The highest BCUT2D eigenvalue weighted by molar-refractivity contribution is 5.78. The number of methoxy groups -OCH3 is 1. The number of rotatable bonds is 3. The number of fused-ring (bicyclic) bond motifs is 1. The van der Waals surface area contributed by atoms with E-state index in [0.717, 1.165) is 12.3 Å². The Morgan fingerprint density at radius 2 is 1.96 bits per heavy atom. The molecule has 0 aliphatic heterocycles. The van der Waals surface area contributed by atoms with Gasteiger partial charge in [-0.2, -0.15) is 13.2 Å². The minimum absolute atomic E-state index is 0.0591. The van der Waals surface area contributed by atoms with E-state index in [-0.39, 0.29) is 22.9 Å². The highest BCUT2D eigenvalue weighted by Gasteiger charge is 2.32. The standard InChI is InChI=1S/C16H10F3N5O2/c1-25-12-3-2-10(8-21-12)24-13-11(6-9(7-22-13)16(17,18)19)23-14(24)15-20-4-5-26-15/h2-8H,1H3. The van der Waals surface area contributed by atoms with Crippen LogP contribution in [0.15, 0.2) is 47.5 Å². The summed E-state index contributed by atoms with van der Waals surface area (Å²) in [7, 11) is 1.48. The lowest BCUT2D eigenvalue weighted by atomic mass is 10.2. The second-order valence-electron chi connectivity index (χ2n) is 5.23. The van der Waals surface area contributed by atoms with E-state index in [0.29, 0.717) is 11.6 Å². The van der Waals surface area contributed by atoms with E-state index in [2.05, 4.69) is 19.9 Å². The third-order valence-electron chi connectivity index (χ3n) is 3.64. The predicted molar refractivity (Wildman–Crippen MR) is 83.7 cm³/mol. The van der Waals surface area contributed by atoms with Crippen LogP contribution in [-0.4, -0.2) is 31.6 Å². The Morgan fingerprint density at radius 1 is 1.12 bits per heavy atom. The smallest absolute Gasteiger partial charge is 0.417 e. The predicted octanol–water partition coefficient (Wildman–Crippen LogP) is 3.50. The molecule has 7 nitrogen and oxygen atoms in total. The van der Waals surface area contributed by atoms with Gasteiger partial charge in [0.1, 0.15) is 11.8 Å². The summed E-state index contributed by atoms with van der Waals surface area (Å²) in [6, 6.07) is 4.23. The number of aromatic nitrogens is 5. The number of hydrogen-bond donors (Lipinski definition) is 0. The first-order valence-electron chi connectivity index (χ1n) is 7.33. The molecule has 0 saturated carbocycles. The third kappa shape index (κ3) is 2.65. The Kier molecular flexibility index (Phi) is 3.60. The second-order valence-corrected chi connectivity index (χ2v) is 5.23. The van der Waals surface area contributed by atoms with Crippen molar-refractivity contribution < 1.29 is 22.3 Å². The van der Waals surface area contributed by atoms with Crippen LogP contribution in [-0.2, 0) is 6.18 Å². The molecule has 0 saturated heterocycles. The molecule has 0 radical (unpaired) electrons. The van der Waals surface area contributed by atoms with Crippen molar-refractivity contribution in [2.75, 3.05) is 7.11 Å². The lowest BCUT2D eigenvalue weighted by Gasteiger charge is -2.08. The summed E-state index contributed by atoms with van der Waals surface area (Å²) in [5.41, 5.74) is -0.0859. The van der Waals surface area contributed by atoms with Crippen molar-refractivity contribution in [1.29, 1.82) is 0 Å². The van der Waals surface area contributed by atoms with E-state index in [1.54, 1.807) is 12.1 Å². The van der Waals surface area contributed by atoms with Crippen molar-refractivity contribution >= 4 is 11.2 Å². The second kappa shape index (κ2) is 5.83. The minimum atomic E-state index is -4.52. The van der Waals surface area contributed by atoms with Crippen LogP contribution >= 0.6 is 0 Å². The molecule has 0 N–H and O–H groups in total. The molecule has 132 valence electrons. The molecule has 4 aromatic rings. The summed E-state index contributed by atoms with van der Waals surface area (Å²) in [6.45, 7) is 0. The van der Waals surface area contributed by atoms with Crippen LogP contribution in [0.4, 0.5) is 13.2 Å². The van der Waals surface area contributed by atoms with E-state index >= 15 is 0 Å². The van der Waals surface area contributed by atoms with Gasteiger partial charge in [0.05, 0.1) is 30.8 Å². The number of nitrogens with zero attached hydrogens (tertiary/aromatic N) is 5. The maximum Gasteiger partial charge on any atom is 0.417 e. The Balaban J connectivity index is 1.97. The van der Waals surface area contributed by atoms with Gasteiger partial charge in [0.15, 0.2) is 5.65 Å².